The van der Waals surface area contributed by atoms with E-state index >= 15 is 0 Å². The van der Waals surface area contributed by atoms with Crippen molar-refractivity contribution in [2.75, 3.05) is 0 Å². The summed E-state index contributed by atoms with van der Waals surface area (Å²) in [6.07, 6.45) is 7.77. The van der Waals surface area contributed by atoms with Gasteiger partial charge in [0.1, 0.15) is 0 Å². The number of fused-ring (bicyclic) bond motifs is 2. The van der Waals surface area contributed by atoms with E-state index in [1.54, 1.807) is 0 Å². The molecule has 1 aliphatic carbocycles. The number of rotatable bonds is 0. The van der Waals surface area contributed by atoms with Crippen LogP contribution < -0.4 is 0 Å². The lowest BCUT2D eigenvalue weighted by Crippen LogP contribution is -1.98. The van der Waals surface area contributed by atoms with Crippen LogP contribution in [0.25, 0.3) is 17.0 Å². The van der Waals surface area contributed by atoms with E-state index in [0.29, 0.717) is 0 Å². The number of aryl methyl sites for hydroxylation is 1. The van der Waals surface area contributed by atoms with Crippen molar-refractivity contribution in [3.8, 4) is 0 Å². The van der Waals surface area contributed by atoms with Crippen molar-refractivity contribution in [1.29, 1.82) is 0 Å². The molecule has 2 heteroatoms. The first-order chi connectivity index (χ1) is 7.75. The van der Waals surface area contributed by atoms with Gasteiger partial charge < -0.3 is 9.67 Å². The van der Waals surface area contributed by atoms with Crippen molar-refractivity contribution in [2.45, 2.75) is 18.9 Å². The van der Waals surface area contributed by atoms with Crippen molar-refractivity contribution in [2.24, 2.45) is 7.05 Å². The standard InChI is InChI=1S/C14H15NO/c1-15-7-6-11-8-12-10(9-13(11)15)4-2-3-5-14(12)16/h2,4,6-9,14,16H,3,5H2,1H3. The fourth-order valence-electron chi connectivity index (χ4n) is 2.40. The average molecular weight is 213 g/mol. The van der Waals surface area contributed by atoms with Gasteiger partial charge in [0.2, 0.25) is 0 Å². The van der Waals surface area contributed by atoms with E-state index in [-0.39, 0.29) is 6.10 Å². The van der Waals surface area contributed by atoms with Crippen LogP contribution in [0.3, 0.4) is 0 Å². The zero-order valence-electron chi connectivity index (χ0n) is 9.35. The zero-order chi connectivity index (χ0) is 11.1. The van der Waals surface area contributed by atoms with E-state index in [1.807, 2.05) is 7.05 Å². The maximum absolute atomic E-state index is 10.1. The first kappa shape index (κ1) is 9.67. The summed E-state index contributed by atoms with van der Waals surface area (Å²) in [7, 11) is 2.05. The molecule has 82 valence electrons. The molecule has 1 aromatic carbocycles. The van der Waals surface area contributed by atoms with Crippen LogP contribution in [0.15, 0.2) is 30.5 Å². The van der Waals surface area contributed by atoms with Crippen molar-refractivity contribution in [3.63, 3.8) is 0 Å². The van der Waals surface area contributed by atoms with Crippen molar-refractivity contribution < 1.29 is 5.11 Å². The van der Waals surface area contributed by atoms with E-state index in [0.717, 1.165) is 24.0 Å². The minimum atomic E-state index is -0.324. The molecule has 0 spiro atoms. The number of hydrogen-bond acceptors (Lipinski definition) is 1. The third kappa shape index (κ3) is 1.38. The molecule has 0 aliphatic heterocycles. The summed E-state index contributed by atoms with van der Waals surface area (Å²) in [5.41, 5.74) is 3.43. The lowest BCUT2D eigenvalue weighted by molar-refractivity contribution is 0.169. The third-order valence-electron chi connectivity index (χ3n) is 3.35. The van der Waals surface area contributed by atoms with Crippen molar-refractivity contribution >= 4 is 17.0 Å². The van der Waals surface area contributed by atoms with E-state index < -0.39 is 0 Å². The topological polar surface area (TPSA) is 25.2 Å². The van der Waals surface area contributed by atoms with Crippen LogP contribution in [0.4, 0.5) is 0 Å². The van der Waals surface area contributed by atoms with Gasteiger partial charge in [-0.3, -0.25) is 0 Å². The number of nitrogens with zero attached hydrogens (tertiary/aromatic N) is 1. The highest BCUT2D eigenvalue weighted by molar-refractivity contribution is 5.84. The average Bonchev–Trinajstić information content (AvgIpc) is 2.54. The highest BCUT2D eigenvalue weighted by atomic mass is 16.3. The van der Waals surface area contributed by atoms with Gasteiger partial charge in [0.05, 0.1) is 6.10 Å². The van der Waals surface area contributed by atoms with Crippen LogP contribution in [0.1, 0.15) is 30.1 Å². The van der Waals surface area contributed by atoms with Crippen LogP contribution in [-0.4, -0.2) is 9.67 Å². The minimum Gasteiger partial charge on any atom is -0.388 e. The van der Waals surface area contributed by atoms with E-state index in [9.17, 15) is 5.11 Å². The quantitative estimate of drug-likeness (QED) is 0.715. The Kier molecular flexibility index (Phi) is 2.11. The Morgan fingerprint density at radius 1 is 1.38 bits per heavy atom. The number of aromatic nitrogens is 1. The summed E-state index contributed by atoms with van der Waals surface area (Å²) in [5, 5.41) is 11.3. The Morgan fingerprint density at radius 2 is 2.25 bits per heavy atom. The molecule has 1 unspecified atom stereocenters. The number of benzene rings is 1. The number of hydrogen-bond donors (Lipinski definition) is 1. The lowest BCUT2D eigenvalue weighted by Gasteiger charge is -2.11. The Labute approximate surface area is 94.8 Å². The second-order valence-corrected chi connectivity index (χ2v) is 4.46. The molecular formula is C14H15NO. The Bertz CT molecular complexity index is 565. The molecule has 0 saturated carbocycles. The molecule has 0 radical (unpaired) electrons. The first-order valence-electron chi connectivity index (χ1n) is 5.69. The Hall–Kier alpha value is -1.54. The van der Waals surface area contributed by atoms with Gasteiger partial charge in [-0.05, 0) is 47.6 Å². The largest absolute Gasteiger partial charge is 0.388 e. The van der Waals surface area contributed by atoms with Crippen molar-refractivity contribution in [3.05, 3.63) is 41.6 Å². The number of aliphatic hydroxyl groups excluding tert-OH is 1. The molecule has 0 saturated heterocycles. The summed E-state index contributed by atoms with van der Waals surface area (Å²) < 4.78 is 2.11. The minimum absolute atomic E-state index is 0.324. The predicted octanol–water partition coefficient (Wildman–Crippen LogP) is 3.02. The highest BCUT2D eigenvalue weighted by Gasteiger charge is 2.14. The van der Waals surface area contributed by atoms with Gasteiger partial charge in [-0.25, -0.2) is 0 Å². The Morgan fingerprint density at radius 3 is 3.12 bits per heavy atom. The van der Waals surface area contributed by atoms with Gasteiger partial charge >= 0.3 is 0 Å². The van der Waals surface area contributed by atoms with E-state index in [1.165, 1.54) is 10.9 Å². The van der Waals surface area contributed by atoms with Gasteiger partial charge in [0.25, 0.3) is 0 Å². The zero-order valence-corrected chi connectivity index (χ0v) is 9.35. The first-order valence-corrected chi connectivity index (χ1v) is 5.69. The van der Waals surface area contributed by atoms with Gasteiger partial charge in [-0.15, -0.1) is 0 Å². The summed E-state index contributed by atoms with van der Waals surface area (Å²) in [6.45, 7) is 0. The summed E-state index contributed by atoms with van der Waals surface area (Å²) in [6, 6.07) is 6.37. The SMILES string of the molecule is Cn1ccc2cc3c(cc21)C=CCCC3O. The molecular weight excluding hydrogens is 198 g/mol. The molecule has 2 aromatic rings. The molecule has 3 rings (SSSR count). The predicted molar refractivity (Wildman–Crippen MR) is 66.1 cm³/mol. The molecule has 1 atom stereocenters. The van der Waals surface area contributed by atoms with Crippen LogP contribution in [0.5, 0.6) is 0 Å². The normalized spacial score (nSPS) is 19.8. The van der Waals surface area contributed by atoms with E-state index in [4.69, 9.17) is 0 Å². The van der Waals surface area contributed by atoms with Crippen LogP contribution in [0.2, 0.25) is 0 Å². The second kappa shape index (κ2) is 3.49. The lowest BCUT2D eigenvalue weighted by atomic mass is 10.00. The number of aliphatic hydroxyl groups is 1. The molecule has 0 amide bonds. The molecule has 0 bridgehead atoms. The van der Waals surface area contributed by atoms with Gasteiger partial charge in [0.15, 0.2) is 0 Å². The molecule has 1 aromatic heterocycles. The maximum atomic E-state index is 10.1. The van der Waals surface area contributed by atoms with Gasteiger partial charge in [-0.2, -0.15) is 0 Å². The molecule has 0 fully saturated rings. The van der Waals surface area contributed by atoms with Crippen molar-refractivity contribution in [1.82, 2.24) is 4.57 Å². The summed E-state index contributed by atoms with van der Waals surface area (Å²) >= 11 is 0. The summed E-state index contributed by atoms with van der Waals surface area (Å²) in [5.74, 6) is 0. The second-order valence-electron chi connectivity index (χ2n) is 4.46. The smallest absolute Gasteiger partial charge is 0.0799 e. The third-order valence-corrected chi connectivity index (χ3v) is 3.35. The number of allylic oxidation sites excluding steroid dienone is 1. The van der Waals surface area contributed by atoms with Gasteiger partial charge in [-0.1, -0.05) is 12.2 Å². The molecule has 1 aliphatic rings. The maximum Gasteiger partial charge on any atom is 0.0799 e. The Balaban J connectivity index is 2.30. The van der Waals surface area contributed by atoms with Crippen LogP contribution in [-0.2, 0) is 7.05 Å². The molecule has 1 heterocycles. The monoisotopic (exact) mass is 213 g/mol. The highest BCUT2D eigenvalue weighted by Crippen LogP contribution is 2.31. The van der Waals surface area contributed by atoms with Crippen LogP contribution in [0, 0.1) is 0 Å². The van der Waals surface area contributed by atoms with E-state index in [2.05, 4.69) is 41.1 Å². The fourth-order valence-corrected chi connectivity index (χ4v) is 2.40. The summed E-state index contributed by atoms with van der Waals surface area (Å²) in [4.78, 5) is 0. The molecule has 16 heavy (non-hydrogen) atoms. The van der Waals surface area contributed by atoms with Crippen LogP contribution >= 0.6 is 0 Å². The molecule has 2 nitrogen and oxygen atoms in total. The molecule has 1 N–H and O–H groups in total. The van der Waals surface area contributed by atoms with Gasteiger partial charge in [0, 0.05) is 18.8 Å². The fraction of sp³-hybridized carbons (Fsp3) is 0.286.